The predicted octanol–water partition coefficient (Wildman–Crippen LogP) is 3.84. The summed E-state index contributed by atoms with van der Waals surface area (Å²) in [6.45, 7) is 9.76. The number of carbonyl (C=O) groups is 1. The molecule has 0 saturated carbocycles. The maximum atomic E-state index is 11.5. The fourth-order valence-corrected chi connectivity index (χ4v) is 1.93. The van der Waals surface area contributed by atoms with Crippen LogP contribution in [0.5, 0.6) is 5.75 Å². The number of benzene rings is 1. The van der Waals surface area contributed by atoms with E-state index in [2.05, 4.69) is 6.92 Å². The van der Waals surface area contributed by atoms with Gasteiger partial charge in [-0.05, 0) is 36.5 Å². The van der Waals surface area contributed by atoms with Gasteiger partial charge in [0.15, 0.2) is 5.78 Å². The van der Waals surface area contributed by atoms with Crippen molar-refractivity contribution in [3.05, 3.63) is 28.8 Å². The lowest BCUT2D eigenvalue weighted by Crippen LogP contribution is -2.13. The molecule has 0 fully saturated rings. The number of carbonyl (C=O) groups excluding carboxylic acids is 1. The highest BCUT2D eigenvalue weighted by Gasteiger charge is 2.21. The summed E-state index contributed by atoms with van der Waals surface area (Å²) < 4.78 is 0. The molecule has 0 aliphatic carbocycles. The van der Waals surface area contributed by atoms with E-state index in [0.717, 1.165) is 24.0 Å². The number of aryl methyl sites for hydroxylation is 1. The third kappa shape index (κ3) is 3.09. The van der Waals surface area contributed by atoms with Crippen LogP contribution >= 0.6 is 0 Å². The van der Waals surface area contributed by atoms with Crippen LogP contribution in [0.15, 0.2) is 12.1 Å². The molecule has 0 aromatic heterocycles. The average Bonchev–Trinajstić information content (AvgIpc) is 2.19. The molecule has 0 heterocycles. The molecule has 0 aliphatic heterocycles. The Hall–Kier alpha value is -1.31. The number of phenols is 1. The fourth-order valence-electron chi connectivity index (χ4n) is 1.93. The minimum absolute atomic E-state index is 0.0489. The Morgan fingerprint density at radius 1 is 1.29 bits per heavy atom. The molecule has 1 aromatic carbocycles. The van der Waals surface area contributed by atoms with Crippen molar-refractivity contribution >= 4 is 5.78 Å². The van der Waals surface area contributed by atoms with Gasteiger partial charge in [-0.3, -0.25) is 4.79 Å². The number of hydrogen-bond donors (Lipinski definition) is 1. The van der Waals surface area contributed by atoms with Crippen LogP contribution in [-0.4, -0.2) is 10.9 Å². The Kier molecular flexibility index (Phi) is 3.97. The monoisotopic (exact) mass is 234 g/mol. The lowest BCUT2D eigenvalue weighted by atomic mass is 9.83. The quantitative estimate of drug-likeness (QED) is 0.807. The molecule has 17 heavy (non-hydrogen) atoms. The Morgan fingerprint density at radius 3 is 2.29 bits per heavy atom. The molecule has 0 aliphatic rings. The van der Waals surface area contributed by atoms with E-state index in [4.69, 9.17) is 0 Å². The molecular weight excluding hydrogens is 212 g/mol. The van der Waals surface area contributed by atoms with Gasteiger partial charge in [0.1, 0.15) is 5.75 Å². The van der Waals surface area contributed by atoms with E-state index in [0.29, 0.717) is 11.3 Å². The van der Waals surface area contributed by atoms with Gasteiger partial charge in [-0.15, -0.1) is 0 Å². The van der Waals surface area contributed by atoms with Gasteiger partial charge in [0.25, 0.3) is 0 Å². The van der Waals surface area contributed by atoms with Gasteiger partial charge in [-0.1, -0.05) is 34.1 Å². The Bertz CT molecular complexity index is 425. The molecule has 1 N–H and O–H groups in total. The number of phenolic OH excluding ortho intramolecular Hbond substituents is 1. The number of rotatable bonds is 3. The van der Waals surface area contributed by atoms with E-state index in [9.17, 15) is 9.90 Å². The van der Waals surface area contributed by atoms with E-state index < -0.39 is 0 Å². The van der Waals surface area contributed by atoms with Gasteiger partial charge in [-0.2, -0.15) is 0 Å². The maximum absolute atomic E-state index is 11.5. The van der Waals surface area contributed by atoms with Crippen molar-refractivity contribution in [1.29, 1.82) is 0 Å². The Morgan fingerprint density at radius 2 is 1.88 bits per heavy atom. The van der Waals surface area contributed by atoms with Crippen molar-refractivity contribution < 1.29 is 9.90 Å². The summed E-state index contributed by atoms with van der Waals surface area (Å²) in [5, 5.41) is 10.3. The van der Waals surface area contributed by atoms with Gasteiger partial charge in [0.2, 0.25) is 0 Å². The highest BCUT2D eigenvalue weighted by molar-refractivity contribution is 5.94. The van der Waals surface area contributed by atoms with Crippen LogP contribution in [0.3, 0.4) is 0 Å². The lowest BCUT2D eigenvalue weighted by molar-refractivity contribution is 0.101. The van der Waals surface area contributed by atoms with Crippen LogP contribution in [-0.2, 0) is 11.8 Å². The zero-order valence-electron chi connectivity index (χ0n) is 11.4. The molecule has 0 spiro atoms. The zero-order chi connectivity index (χ0) is 13.2. The fraction of sp³-hybridized carbons (Fsp3) is 0.533. The van der Waals surface area contributed by atoms with Crippen molar-refractivity contribution in [1.82, 2.24) is 0 Å². The summed E-state index contributed by atoms with van der Waals surface area (Å²) in [5.41, 5.74) is 2.27. The summed E-state index contributed by atoms with van der Waals surface area (Å²) in [5.74, 6) is 0.400. The molecular formula is C15H22O2. The minimum Gasteiger partial charge on any atom is -0.507 e. The first-order valence-electron chi connectivity index (χ1n) is 6.14. The molecule has 0 radical (unpaired) electrons. The molecule has 0 bridgehead atoms. The molecule has 1 aromatic rings. The Balaban J connectivity index is 3.43. The summed E-state index contributed by atoms with van der Waals surface area (Å²) in [6.07, 6.45) is 1.76. The third-order valence-corrected chi connectivity index (χ3v) is 2.92. The third-order valence-electron chi connectivity index (χ3n) is 2.92. The van der Waals surface area contributed by atoms with Crippen molar-refractivity contribution in [2.75, 3.05) is 0 Å². The van der Waals surface area contributed by atoms with Crippen molar-refractivity contribution in [2.24, 2.45) is 0 Å². The van der Waals surface area contributed by atoms with Crippen LogP contribution in [0.25, 0.3) is 0 Å². The number of ketones is 1. The van der Waals surface area contributed by atoms with Crippen LogP contribution < -0.4 is 0 Å². The minimum atomic E-state index is -0.155. The first-order valence-corrected chi connectivity index (χ1v) is 6.14. The smallest absolute Gasteiger partial charge is 0.159 e. The van der Waals surface area contributed by atoms with Crippen LogP contribution in [0.2, 0.25) is 0 Å². The second-order valence-corrected chi connectivity index (χ2v) is 5.59. The molecule has 94 valence electrons. The molecule has 0 unspecified atom stereocenters. The van der Waals surface area contributed by atoms with E-state index >= 15 is 0 Å². The lowest BCUT2D eigenvalue weighted by Gasteiger charge is -2.23. The molecule has 1 rings (SSSR count). The molecule has 2 nitrogen and oxygen atoms in total. The molecule has 0 atom stereocenters. The largest absolute Gasteiger partial charge is 0.507 e. The number of aromatic hydroxyl groups is 1. The van der Waals surface area contributed by atoms with Gasteiger partial charge in [0, 0.05) is 11.1 Å². The second-order valence-electron chi connectivity index (χ2n) is 5.59. The number of hydrogen-bond acceptors (Lipinski definition) is 2. The summed E-state index contributed by atoms with van der Waals surface area (Å²) in [4.78, 5) is 11.5. The normalized spacial score (nSPS) is 11.6. The highest BCUT2D eigenvalue weighted by atomic mass is 16.3. The van der Waals surface area contributed by atoms with Gasteiger partial charge < -0.3 is 5.11 Å². The maximum Gasteiger partial charge on any atom is 0.159 e. The second kappa shape index (κ2) is 4.91. The first kappa shape index (κ1) is 13.8. The van der Waals surface area contributed by atoms with E-state index in [-0.39, 0.29) is 11.2 Å². The van der Waals surface area contributed by atoms with Crippen LogP contribution in [0.1, 0.15) is 62.5 Å². The molecule has 2 heteroatoms. The van der Waals surface area contributed by atoms with Gasteiger partial charge in [0.05, 0.1) is 0 Å². The van der Waals surface area contributed by atoms with E-state index in [1.54, 1.807) is 6.92 Å². The van der Waals surface area contributed by atoms with Crippen LogP contribution in [0, 0.1) is 0 Å². The van der Waals surface area contributed by atoms with E-state index in [1.807, 2.05) is 32.9 Å². The zero-order valence-corrected chi connectivity index (χ0v) is 11.4. The SMILES string of the molecule is CCCc1cc(C(C)=O)cc(C(C)(C)C)c1O. The molecule has 0 amide bonds. The number of Topliss-reactive ketones (excluding diaryl/α,β-unsaturated/α-hetero) is 1. The Labute approximate surface area is 104 Å². The average molecular weight is 234 g/mol. The van der Waals surface area contributed by atoms with E-state index in [1.165, 1.54) is 0 Å². The van der Waals surface area contributed by atoms with Gasteiger partial charge in [-0.25, -0.2) is 0 Å². The highest BCUT2D eigenvalue weighted by Crippen LogP contribution is 2.35. The first-order chi connectivity index (χ1) is 7.77. The topological polar surface area (TPSA) is 37.3 Å². The van der Waals surface area contributed by atoms with Crippen molar-refractivity contribution in [3.8, 4) is 5.75 Å². The summed E-state index contributed by atoms with van der Waals surface area (Å²) in [6, 6.07) is 3.63. The van der Waals surface area contributed by atoms with Crippen molar-refractivity contribution in [2.45, 2.75) is 52.9 Å². The van der Waals surface area contributed by atoms with Crippen molar-refractivity contribution in [3.63, 3.8) is 0 Å². The molecule has 0 saturated heterocycles. The van der Waals surface area contributed by atoms with Gasteiger partial charge >= 0.3 is 0 Å². The van der Waals surface area contributed by atoms with Crippen LogP contribution in [0.4, 0.5) is 0 Å². The predicted molar refractivity (Wildman–Crippen MR) is 70.8 cm³/mol. The summed E-state index contributed by atoms with van der Waals surface area (Å²) in [7, 11) is 0. The standard InChI is InChI=1S/C15H22O2/c1-6-7-11-8-12(10(2)16)9-13(14(11)17)15(3,4)5/h8-9,17H,6-7H2,1-5H3. The summed E-state index contributed by atoms with van der Waals surface area (Å²) >= 11 is 0.